The third-order valence-corrected chi connectivity index (χ3v) is 1.56. The third kappa shape index (κ3) is 1.10. The summed E-state index contributed by atoms with van der Waals surface area (Å²) < 4.78 is 0. The van der Waals surface area contributed by atoms with Crippen LogP contribution in [0.15, 0.2) is 11.0 Å². The van der Waals surface area contributed by atoms with Gasteiger partial charge in [-0.25, -0.2) is 0 Å². The molecule has 0 spiro atoms. The van der Waals surface area contributed by atoms with Crippen molar-refractivity contribution in [2.75, 3.05) is 12.0 Å². The zero-order valence-corrected chi connectivity index (χ0v) is 5.85. The molecule has 0 saturated heterocycles. The van der Waals surface area contributed by atoms with Crippen LogP contribution in [0.1, 0.15) is 5.69 Å². The summed E-state index contributed by atoms with van der Waals surface area (Å²) in [5.41, 5.74) is 0.689. The summed E-state index contributed by atoms with van der Waals surface area (Å²) in [6.07, 6.45) is 1.29. The highest BCUT2D eigenvalue weighted by molar-refractivity contribution is 5.40. The molecule has 0 aliphatic carbocycles. The van der Waals surface area contributed by atoms with E-state index in [0.717, 1.165) is 11.5 Å². The van der Waals surface area contributed by atoms with Crippen molar-refractivity contribution in [1.82, 2.24) is 15.3 Å². The lowest BCUT2D eigenvalue weighted by Gasteiger charge is -2.16. The molecule has 58 valence electrons. The molecule has 2 rings (SSSR count). The van der Waals surface area contributed by atoms with Crippen LogP contribution < -0.4 is 16.2 Å². The summed E-state index contributed by atoms with van der Waals surface area (Å²) >= 11 is 0. The van der Waals surface area contributed by atoms with Crippen molar-refractivity contribution < 1.29 is 0 Å². The maximum absolute atomic E-state index is 10.8. The molecule has 0 bridgehead atoms. The Kier molecular flexibility index (Phi) is 1.36. The molecule has 3 N–H and O–H groups in total. The van der Waals surface area contributed by atoms with Crippen molar-refractivity contribution in [3.05, 3.63) is 22.2 Å². The summed E-state index contributed by atoms with van der Waals surface area (Å²) in [6.45, 7) is 1.38. The predicted octanol–water partition coefficient (Wildman–Crippen LogP) is -0.758. The fraction of sp³-hybridized carbons (Fsp3) is 0.333. The van der Waals surface area contributed by atoms with Gasteiger partial charge in [-0.1, -0.05) is 0 Å². The molecule has 1 aliphatic heterocycles. The second kappa shape index (κ2) is 2.35. The maximum atomic E-state index is 10.8. The molecule has 5 nitrogen and oxygen atoms in total. The quantitative estimate of drug-likeness (QED) is 0.457. The van der Waals surface area contributed by atoms with E-state index in [1.165, 1.54) is 6.20 Å². The van der Waals surface area contributed by atoms with Gasteiger partial charge in [0.25, 0.3) is 5.56 Å². The Morgan fingerprint density at radius 3 is 3.36 bits per heavy atom. The second-order valence-corrected chi connectivity index (χ2v) is 2.35. The van der Waals surface area contributed by atoms with Crippen LogP contribution in [0.25, 0.3) is 0 Å². The molecule has 1 aromatic heterocycles. The molecule has 0 atom stereocenters. The van der Waals surface area contributed by atoms with Crippen LogP contribution in [-0.4, -0.2) is 16.6 Å². The highest BCUT2D eigenvalue weighted by Gasteiger charge is 2.08. The van der Waals surface area contributed by atoms with Crippen molar-refractivity contribution in [1.29, 1.82) is 0 Å². The van der Waals surface area contributed by atoms with Crippen molar-refractivity contribution >= 4 is 5.82 Å². The maximum Gasteiger partial charge on any atom is 0.267 e. The highest BCUT2D eigenvalue weighted by atomic mass is 16.1. The first-order valence-electron chi connectivity index (χ1n) is 3.39. The topological polar surface area (TPSA) is 69.8 Å². The van der Waals surface area contributed by atoms with Gasteiger partial charge in [-0.2, -0.15) is 0 Å². The van der Waals surface area contributed by atoms with Gasteiger partial charge >= 0.3 is 0 Å². The van der Waals surface area contributed by atoms with Crippen molar-refractivity contribution in [3.63, 3.8) is 0 Å². The molecule has 1 aliphatic rings. The lowest BCUT2D eigenvalue weighted by molar-refractivity contribution is 0.680. The first-order valence-corrected chi connectivity index (χ1v) is 3.39. The number of hydrogen-bond acceptors (Lipinski definition) is 4. The van der Waals surface area contributed by atoms with Gasteiger partial charge in [0, 0.05) is 6.54 Å². The van der Waals surface area contributed by atoms with Crippen molar-refractivity contribution in [2.45, 2.75) is 6.54 Å². The fourth-order valence-corrected chi connectivity index (χ4v) is 1.04. The Labute approximate surface area is 62.9 Å². The Bertz CT molecular complexity index is 319. The van der Waals surface area contributed by atoms with Gasteiger partial charge in [0.05, 0.1) is 18.6 Å². The standard InChI is InChI=1S/C6H8N4O/c11-5-2-8-4-1-7-3-9-6(4)10-5/h2,7H,1,3H2,(H2,9,10,11). The SMILES string of the molecule is O=c1cnc2c([nH]1)NCNC2. The van der Waals surface area contributed by atoms with Crippen LogP contribution >= 0.6 is 0 Å². The largest absolute Gasteiger partial charge is 0.357 e. The number of rotatable bonds is 0. The lowest BCUT2D eigenvalue weighted by Crippen LogP contribution is -2.30. The predicted molar refractivity (Wildman–Crippen MR) is 40.2 cm³/mol. The lowest BCUT2D eigenvalue weighted by atomic mass is 10.3. The number of fused-ring (bicyclic) bond motifs is 1. The minimum absolute atomic E-state index is 0.168. The third-order valence-electron chi connectivity index (χ3n) is 1.56. The van der Waals surface area contributed by atoms with E-state index >= 15 is 0 Å². The summed E-state index contributed by atoms with van der Waals surface area (Å²) in [6, 6.07) is 0. The van der Waals surface area contributed by atoms with Crippen molar-refractivity contribution in [2.24, 2.45) is 0 Å². The fourth-order valence-electron chi connectivity index (χ4n) is 1.04. The summed E-state index contributed by atoms with van der Waals surface area (Å²) in [5.74, 6) is 0.733. The van der Waals surface area contributed by atoms with Gasteiger partial charge in [-0.15, -0.1) is 0 Å². The van der Waals surface area contributed by atoms with Gasteiger partial charge < -0.3 is 10.3 Å². The molecule has 0 radical (unpaired) electrons. The highest BCUT2D eigenvalue weighted by Crippen LogP contribution is 2.07. The number of aromatic amines is 1. The number of hydrogen-bond donors (Lipinski definition) is 3. The molecule has 0 saturated carbocycles. The Morgan fingerprint density at radius 2 is 2.45 bits per heavy atom. The monoisotopic (exact) mass is 152 g/mol. The van der Waals surface area contributed by atoms with E-state index in [9.17, 15) is 4.79 Å². The zero-order chi connectivity index (χ0) is 7.68. The number of nitrogens with one attached hydrogen (secondary N) is 3. The molecule has 11 heavy (non-hydrogen) atoms. The van der Waals surface area contributed by atoms with Crippen LogP contribution in [0.5, 0.6) is 0 Å². The summed E-state index contributed by atoms with van der Waals surface area (Å²) in [5, 5.41) is 6.04. The van der Waals surface area contributed by atoms with E-state index < -0.39 is 0 Å². The van der Waals surface area contributed by atoms with Crippen LogP contribution in [0.2, 0.25) is 0 Å². The molecule has 1 aromatic rings. The molecule has 0 unspecified atom stereocenters. The summed E-state index contributed by atoms with van der Waals surface area (Å²) in [7, 11) is 0. The van der Waals surface area contributed by atoms with Crippen LogP contribution in [-0.2, 0) is 6.54 Å². The Morgan fingerprint density at radius 1 is 1.55 bits per heavy atom. The molecule has 5 heteroatoms. The van der Waals surface area contributed by atoms with E-state index in [-0.39, 0.29) is 5.56 Å². The first-order chi connectivity index (χ1) is 5.36. The van der Waals surface area contributed by atoms with E-state index in [1.54, 1.807) is 0 Å². The van der Waals surface area contributed by atoms with Gasteiger partial charge in [0.15, 0.2) is 0 Å². The average Bonchev–Trinajstić information content (AvgIpc) is 2.04. The number of aromatic nitrogens is 2. The average molecular weight is 152 g/mol. The van der Waals surface area contributed by atoms with E-state index in [2.05, 4.69) is 20.6 Å². The number of anilines is 1. The Balaban J connectivity index is 2.51. The first kappa shape index (κ1) is 6.36. The van der Waals surface area contributed by atoms with Crippen LogP contribution in [0, 0.1) is 0 Å². The van der Waals surface area contributed by atoms with E-state index in [0.29, 0.717) is 13.2 Å². The van der Waals surface area contributed by atoms with Crippen molar-refractivity contribution in [3.8, 4) is 0 Å². The summed E-state index contributed by atoms with van der Waals surface area (Å²) in [4.78, 5) is 17.4. The Hall–Kier alpha value is -1.36. The second-order valence-electron chi connectivity index (χ2n) is 2.35. The van der Waals surface area contributed by atoms with Gasteiger partial charge in [-0.05, 0) is 0 Å². The molecule has 2 heterocycles. The molecule has 0 amide bonds. The normalized spacial score (nSPS) is 15.3. The van der Waals surface area contributed by atoms with E-state index in [4.69, 9.17) is 0 Å². The smallest absolute Gasteiger partial charge is 0.267 e. The number of nitrogens with zero attached hydrogens (tertiary/aromatic N) is 1. The zero-order valence-electron chi connectivity index (χ0n) is 5.85. The van der Waals surface area contributed by atoms with Crippen LogP contribution in [0.4, 0.5) is 5.82 Å². The molecular formula is C6H8N4O. The van der Waals surface area contributed by atoms with E-state index in [1.807, 2.05) is 0 Å². The molecule has 0 fully saturated rings. The molecule has 0 aromatic carbocycles. The van der Waals surface area contributed by atoms with Crippen LogP contribution in [0.3, 0.4) is 0 Å². The van der Waals surface area contributed by atoms with Gasteiger partial charge in [-0.3, -0.25) is 15.1 Å². The minimum atomic E-state index is -0.168. The number of H-pyrrole nitrogens is 1. The van der Waals surface area contributed by atoms with Gasteiger partial charge in [0.1, 0.15) is 5.82 Å². The molecular weight excluding hydrogens is 144 g/mol. The van der Waals surface area contributed by atoms with Gasteiger partial charge in [0.2, 0.25) is 0 Å². The minimum Gasteiger partial charge on any atom is -0.357 e.